The van der Waals surface area contributed by atoms with Crippen LogP contribution in [0.25, 0.3) is 0 Å². The molecule has 0 fully saturated rings. The van der Waals surface area contributed by atoms with Crippen LogP contribution in [0.3, 0.4) is 0 Å². The Morgan fingerprint density at radius 2 is 2.33 bits per heavy atom. The number of halogens is 1. The van der Waals surface area contributed by atoms with E-state index in [0.29, 0.717) is 0 Å². The van der Waals surface area contributed by atoms with Gasteiger partial charge >= 0.3 is 0 Å². The second-order valence-corrected chi connectivity index (χ2v) is 1.68. The first-order valence-electron chi connectivity index (χ1n) is 6.59. The molecule has 0 saturated heterocycles. The van der Waals surface area contributed by atoms with Gasteiger partial charge in [0.2, 0.25) is 0 Å². The third kappa shape index (κ3) is 17.7. The molecule has 0 rings (SSSR count). The van der Waals surface area contributed by atoms with E-state index >= 15 is 0 Å². The minimum atomic E-state index is -3.05. The van der Waals surface area contributed by atoms with Crippen molar-refractivity contribution in [2.45, 2.75) is 0 Å². The zero-order valence-electron chi connectivity index (χ0n) is 14.8. The van der Waals surface area contributed by atoms with Crippen LogP contribution >= 0.6 is 22.6 Å². The maximum atomic E-state index is 7.54. The summed E-state index contributed by atoms with van der Waals surface area (Å²) in [7, 11) is 1.99. The average Bonchev–Trinajstić information content (AvgIpc) is 2.18. The standard InChI is InChI=1S/C5H15N2.CH3I/c1-7(2,3)5-4-6;1-2/h4-6H2,1-3H3;1H3/q+1;/i1D3,4D2,5D2;/hD2. The highest BCUT2D eigenvalue weighted by atomic mass is 127. The molecule has 0 aromatic carbocycles. The van der Waals surface area contributed by atoms with Gasteiger partial charge in [-0.2, -0.15) is 0 Å². The van der Waals surface area contributed by atoms with Gasteiger partial charge in [0.1, 0.15) is 2.82 Å². The summed E-state index contributed by atoms with van der Waals surface area (Å²) in [4.78, 5) is 1.97. The summed E-state index contributed by atoms with van der Waals surface area (Å²) in [5.41, 5.74) is -0.460. The Kier molecular flexibility index (Phi) is 1.96. The second kappa shape index (κ2) is 6.77. The van der Waals surface area contributed by atoms with Gasteiger partial charge in [-0.1, -0.05) is 22.6 Å². The summed E-state index contributed by atoms with van der Waals surface area (Å²) in [6.07, 6.45) is 0. The van der Waals surface area contributed by atoms with Crippen LogP contribution in [0.5, 0.6) is 0 Å². The molecule has 58 valence electrons. The highest BCUT2D eigenvalue weighted by molar-refractivity contribution is 14.1. The maximum Gasteiger partial charge on any atom is 0.119 e. The number of likely N-dealkylation sites (N-methyl/N-ethyl adjacent to an activating group) is 1. The van der Waals surface area contributed by atoms with Crippen LogP contribution in [-0.4, -0.2) is 43.5 Å². The van der Waals surface area contributed by atoms with Crippen LogP contribution in [0, 0.1) is 0 Å². The SMILES string of the molecule is CI.[2H]N([2H])C([2H])([2H])C([2H])([2H])[N+](C)(C)C([2H])([2H])[2H]. The molecule has 0 unspecified atom stereocenters. The van der Waals surface area contributed by atoms with Crippen molar-refractivity contribution in [2.75, 3.05) is 39.0 Å². The van der Waals surface area contributed by atoms with Crippen LogP contribution in [-0.2, 0) is 0 Å². The Labute approximate surface area is 84.9 Å². The van der Waals surface area contributed by atoms with Gasteiger partial charge in [0.15, 0.2) is 0 Å². The smallest absolute Gasteiger partial charge is 0.119 e. The van der Waals surface area contributed by atoms with Gasteiger partial charge < -0.3 is 10.2 Å². The first-order chi connectivity index (χ1) is 7.69. The zero-order valence-corrected chi connectivity index (χ0v) is 7.93. The zero-order chi connectivity index (χ0) is 15.6. The highest BCUT2D eigenvalue weighted by Gasteiger charge is 2.01. The molecule has 0 heterocycles. The van der Waals surface area contributed by atoms with Crippen molar-refractivity contribution < 1.29 is 16.9 Å². The third-order valence-electron chi connectivity index (χ3n) is 0.330. The number of quaternary nitrogens is 1. The Morgan fingerprint density at radius 3 is 2.67 bits per heavy atom. The van der Waals surface area contributed by atoms with Gasteiger partial charge in [0, 0.05) is 9.24 Å². The summed E-state index contributed by atoms with van der Waals surface area (Å²) in [6, 6.07) is 0. The van der Waals surface area contributed by atoms with E-state index in [9.17, 15) is 0 Å². The van der Waals surface area contributed by atoms with Crippen LogP contribution < -0.4 is 5.72 Å². The summed E-state index contributed by atoms with van der Waals surface area (Å²) < 4.78 is 63.5. The van der Waals surface area contributed by atoms with E-state index in [1.807, 2.05) is 4.93 Å². The molecule has 0 aromatic heterocycles. The normalized spacial score (nSPS) is 29.7. The first-order valence-corrected chi connectivity index (χ1v) is 4.35. The Bertz CT molecular complexity index is 262. The monoisotopic (exact) mass is 254 g/mol. The van der Waals surface area contributed by atoms with E-state index in [1.165, 1.54) is 0 Å². The highest BCUT2D eigenvalue weighted by Crippen LogP contribution is 1.83. The Hall–Kier alpha value is 0.650. The molecule has 0 aliphatic carbocycles. The number of alkyl halides is 1. The summed E-state index contributed by atoms with van der Waals surface area (Å²) in [5, 5.41) is 0. The molecular weight excluding hydrogens is 227 g/mol. The lowest BCUT2D eigenvalue weighted by Gasteiger charge is -2.22. The predicted molar refractivity (Wildman–Crippen MR) is 51.9 cm³/mol. The predicted octanol–water partition coefficient (Wildman–Crippen LogP) is 0.703. The minimum absolute atomic E-state index is 0.460. The molecule has 0 amide bonds. The van der Waals surface area contributed by atoms with Gasteiger partial charge in [-0.25, -0.2) is 0 Å². The molecule has 0 atom stereocenters. The van der Waals surface area contributed by atoms with Crippen molar-refractivity contribution in [1.29, 1.82) is 0 Å². The van der Waals surface area contributed by atoms with Gasteiger partial charge in [0.05, 0.1) is 34.4 Å². The molecule has 3 heteroatoms. The van der Waals surface area contributed by atoms with Crippen molar-refractivity contribution in [3.8, 4) is 0 Å². The lowest BCUT2D eigenvalue weighted by molar-refractivity contribution is -0.868. The van der Waals surface area contributed by atoms with E-state index in [1.54, 1.807) is 0 Å². The van der Waals surface area contributed by atoms with Crippen molar-refractivity contribution in [1.82, 2.24) is 0 Å². The van der Waals surface area contributed by atoms with E-state index in [2.05, 4.69) is 22.6 Å². The van der Waals surface area contributed by atoms with Gasteiger partial charge in [-0.05, 0) is 4.93 Å². The van der Waals surface area contributed by atoms with Crippen LogP contribution in [0.4, 0.5) is 0 Å². The molecule has 0 radical (unpaired) electrons. The van der Waals surface area contributed by atoms with Crippen molar-refractivity contribution >= 4 is 22.6 Å². The number of hydrogen-bond donors (Lipinski definition) is 1. The van der Waals surface area contributed by atoms with Gasteiger partial charge in [0.25, 0.3) is 0 Å². The Balaban J connectivity index is 0. The van der Waals surface area contributed by atoms with Crippen LogP contribution in [0.15, 0.2) is 0 Å². The molecule has 0 aliphatic rings. The van der Waals surface area contributed by atoms with Gasteiger partial charge in [-0.15, -0.1) is 0 Å². The minimum Gasteiger partial charge on any atom is -0.330 e. The lowest BCUT2D eigenvalue weighted by atomic mass is 10.5. The molecular formula is C6H18IN2+. The molecule has 2 N–H and O–H groups in total. The fourth-order valence-corrected chi connectivity index (χ4v) is 0.125. The average molecular weight is 254 g/mol. The van der Waals surface area contributed by atoms with Crippen molar-refractivity contribution in [3.63, 3.8) is 0 Å². The van der Waals surface area contributed by atoms with E-state index in [4.69, 9.17) is 12.4 Å². The molecule has 0 spiro atoms. The van der Waals surface area contributed by atoms with Crippen molar-refractivity contribution in [2.24, 2.45) is 5.72 Å². The fourth-order valence-electron chi connectivity index (χ4n) is 0.125. The fraction of sp³-hybridized carbons (Fsp3) is 1.00. The number of hydrogen-bond acceptors (Lipinski definition) is 1. The number of rotatable bonds is 3. The second-order valence-electron chi connectivity index (χ2n) is 1.68. The summed E-state index contributed by atoms with van der Waals surface area (Å²) >= 11 is 2.15. The van der Waals surface area contributed by atoms with Crippen molar-refractivity contribution in [3.05, 3.63) is 0 Å². The van der Waals surface area contributed by atoms with Crippen LogP contribution in [0.2, 0.25) is 2.82 Å². The lowest BCUT2D eigenvalue weighted by Crippen LogP contribution is -2.38. The van der Waals surface area contributed by atoms with E-state index in [0.717, 1.165) is 14.1 Å². The van der Waals surface area contributed by atoms with Gasteiger partial charge in [-0.3, -0.25) is 0 Å². The number of nitrogens with zero attached hydrogens (tertiary/aromatic N) is 1. The Morgan fingerprint density at radius 1 is 1.78 bits per heavy atom. The quantitative estimate of drug-likeness (QED) is 0.448. The topological polar surface area (TPSA) is 26.0 Å². The maximum absolute atomic E-state index is 7.54. The first kappa shape index (κ1) is 2.60. The van der Waals surface area contributed by atoms with E-state index < -0.39 is 30.2 Å². The molecule has 9 heavy (non-hydrogen) atoms. The third-order valence-corrected chi connectivity index (χ3v) is 0.330. The largest absolute Gasteiger partial charge is 0.330 e. The molecule has 0 bridgehead atoms. The molecule has 0 aliphatic heterocycles. The summed E-state index contributed by atoms with van der Waals surface area (Å²) in [5.74, 6) is 0. The molecule has 0 saturated carbocycles. The number of nitrogens with two attached hydrogens (primary N) is 1. The van der Waals surface area contributed by atoms with Crippen LogP contribution in [0.1, 0.15) is 9.60 Å². The molecule has 2 nitrogen and oxygen atoms in total. The van der Waals surface area contributed by atoms with E-state index in [-0.39, 0.29) is 0 Å². The molecule has 0 aromatic rings. The summed E-state index contributed by atoms with van der Waals surface area (Å²) in [6.45, 7) is -8.79.